The van der Waals surface area contributed by atoms with E-state index in [0.29, 0.717) is 49.5 Å². The molecule has 1 amide bonds. The van der Waals surface area contributed by atoms with Crippen LogP contribution in [0, 0.1) is 18.7 Å². The molecule has 0 atom stereocenters. The van der Waals surface area contributed by atoms with Crippen molar-refractivity contribution in [1.82, 2.24) is 14.7 Å². The Kier molecular flexibility index (Phi) is 6.35. The van der Waals surface area contributed by atoms with E-state index in [1.807, 2.05) is 31.2 Å². The molecule has 0 radical (unpaired) electrons. The zero-order valence-corrected chi connectivity index (χ0v) is 18.3. The monoisotopic (exact) mass is 435 g/mol. The van der Waals surface area contributed by atoms with Gasteiger partial charge in [-0.15, -0.1) is 0 Å². The van der Waals surface area contributed by atoms with Gasteiger partial charge in [0.2, 0.25) is 0 Å². The number of aryl methyl sites for hydroxylation is 1. The topological polar surface area (TPSA) is 64.4 Å². The number of carbonyl (C=O) groups is 2. The van der Waals surface area contributed by atoms with Gasteiger partial charge in [0.05, 0.1) is 23.9 Å². The molecule has 7 heteroatoms. The van der Waals surface area contributed by atoms with Gasteiger partial charge in [0.15, 0.2) is 0 Å². The van der Waals surface area contributed by atoms with Crippen LogP contribution in [-0.2, 0) is 9.53 Å². The summed E-state index contributed by atoms with van der Waals surface area (Å²) in [5, 5.41) is 4.58. The molecule has 1 aromatic heterocycles. The van der Waals surface area contributed by atoms with Crippen molar-refractivity contribution >= 4 is 11.9 Å². The first-order valence-corrected chi connectivity index (χ1v) is 10.9. The second-order valence-electron chi connectivity index (χ2n) is 7.96. The molecule has 2 heterocycles. The Morgan fingerprint density at radius 2 is 1.78 bits per heavy atom. The van der Waals surface area contributed by atoms with Crippen LogP contribution in [0.4, 0.5) is 4.39 Å². The van der Waals surface area contributed by atoms with Crippen LogP contribution in [0.25, 0.3) is 16.9 Å². The number of ether oxygens (including phenoxy) is 1. The number of hydrogen-bond acceptors (Lipinski definition) is 4. The van der Waals surface area contributed by atoms with Crippen LogP contribution in [0.15, 0.2) is 54.6 Å². The Morgan fingerprint density at radius 3 is 2.44 bits per heavy atom. The van der Waals surface area contributed by atoms with E-state index >= 15 is 0 Å². The quantitative estimate of drug-likeness (QED) is 0.557. The normalized spacial score (nSPS) is 14.4. The van der Waals surface area contributed by atoms with Gasteiger partial charge in [-0.1, -0.05) is 29.8 Å². The Hall–Kier alpha value is -3.48. The third kappa shape index (κ3) is 4.42. The predicted octanol–water partition coefficient (Wildman–Crippen LogP) is 4.40. The third-order valence-corrected chi connectivity index (χ3v) is 5.76. The number of hydrogen-bond donors (Lipinski definition) is 0. The van der Waals surface area contributed by atoms with Gasteiger partial charge in [-0.3, -0.25) is 9.59 Å². The standard InChI is InChI=1S/C25H26FN3O3/c1-3-32-25(31)18-12-14-28(15-13-18)24(30)23-16-22(20-6-4-5-7-21(20)26)27-29(23)19-10-8-17(2)9-11-19/h4-11,16,18H,3,12-15H2,1-2H3. The minimum absolute atomic E-state index is 0.185. The summed E-state index contributed by atoms with van der Waals surface area (Å²) < 4.78 is 21.1. The number of carbonyl (C=O) groups excluding carboxylic acids is 2. The maximum absolute atomic E-state index is 14.4. The Balaban J connectivity index is 1.65. The van der Waals surface area contributed by atoms with Crippen LogP contribution in [0.5, 0.6) is 0 Å². The van der Waals surface area contributed by atoms with E-state index < -0.39 is 5.82 Å². The number of rotatable bonds is 5. The third-order valence-electron chi connectivity index (χ3n) is 5.76. The zero-order valence-electron chi connectivity index (χ0n) is 18.3. The summed E-state index contributed by atoms with van der Waals surface area (Å²) >= 11 is 0. The molecule has 6 nitrogen and oxygen atoms in total. The van der Waals surface area contributed by atoms with Gasteiger partial charge in [-0.05, 0) is 57.0 Å². The minimum atomic E-state index is -0.393. The fourth-order valence-electron chi connectivity index (χ4n) is 3.96. The van der Waals surface area contributed by atoms with Gasteiger partial charge in [0.1, 0.15) is 11.5 Å². The summed E-state index contributed by atoms with van der Waals surface area (Å²) in [6.07, 6.45) is 1.12. The van der Waals surface area contributed by atoms with Gasteiger partial charge in [-0.2, -0.15) is 5.10 Å². The van der Waals surface area contributed by atoms with E-state index in [9.17, 15) is 14.0 Å². The van der Waals surface area contributed by atoms with E-state index in [4.69, 9.17) is 4.74 Å². The molecule has 2 aromatic carbocycles. The molecule has 1 fully saturated rings. The summed E-state index contributed by atoms with van der Waals surface area (Å²) in [6.45, 7) is 5.03. The summed E-state index contributed by atoms with van der Waals surface area (Å²) in [7, 11) is 0. The average Bonchev–Trinajstić information content (AvgIpc) is 3.25. The van der Waals surface area contributed by atoms with Gasteiger partial charge >= 0.3 is 5.97 Å². The van der Waals surface area contributed by atoms with Gasteiger partial charge in [-0.25, -0.2) is 9.07 Å². The molecule has 0 aliphatic carbocycles. The molecular formula is C25H26FN3O3. The van der Waals surface area contributed by atoms with Crippen molar-refractivity contribution in [3.05, 3.63) is 71.7 Å². The first-order chi connectivity index (χ1) is 15.5. The SMILES string of the molecule is CCOC(=O)C1CCN(C(=O)c2cc(-c3ccccc3F)nn2-c2ccc(C)cc2)CC1. The van der Waals surface area contributed by atoms with Crippen molar-refractivity contribution in [1.29, 1.82) is 0 Å². The molecule has 0 N–H and O–H groups in total. The Morgan fingerprint density at radius 1 is 1.09 bits per heavy atom. The van der Waals surface area contributed by atoms with Gasteiger partial charge in [0.25, 0.3) is 5.91 Å². The van der Waals surface area contributed by atoms with Crippen molar-refractivity contribution < 1.29 is 18.7 Å². The van der Waals surface area contributed by atoms with E-state index in [1.54, 1.807) is 40.8 Å². The number of piperidine rings is 1. The second kappa shape index (κ2) is 9.34. The molecule has 1 saturated heterocycles. The lowest BCUT2D eigenvalue weighted by Crippen LogP contribution is -2.41. The number of nitrogens with zero attached hydrogens (tertiary/aromatic N) is 3. The van der Waals surface area contributed by atoms with Gasteiger partial charge in [0, 0.05) is 18.7 Å². The van der Waals surface area contributed by atoms with Crippen LogP contribution in [-0.4, -0.2) is 46.3 Å². The molecule has 1 aliphatic rings. The molecule has 3 aromatic rings. The van der Waals surface area contributed by atoms with Crippen LogP contribution >= 0.6 is 0 Å². The average molecular weight is 435 g/mol. The summed E-state index contributed by atoms with van der Waals surface area (Å²) in [5.74, 6) is -0.973. The Labute approximate surface area is 186 Å². The molecule has 4 rings (SSSR count). The molecule has 166 valence electrons. The number of likely N-dealkylation sites (tertiary alicyclic amines) is 1. The fraction of sp³-hybridized carbons (Fsp3) is 0.320. The minimum Gasteiger partial charge on any atom is -0.466 e. The highest BCUT2D eigenvalue weighted by Gasteiger charge is 2.30. The molecule has 0 spiro atoms. The van der Waals surface area contributed by atoms with Crippen molar-refractivity contribution in [2.45, 2.75) is 26.7 Å². The van der Waals surface area contributed by atoms with Crippen LogP contribution in [0.1, 0.15) is 35.8 Å². The fourth-order valence-corrected chi connectivity index (χ4v) is 3.96. The summed E-state index contributed by atoms with van der Waals surface area (Å²) in [5.41, 5.74) is 2.91. The van der Waals surface area contributed by atoms with E-state index in [-0.39, 0.29) is 17.8 Å². The molecule has 0 bridgehead atoms. The van der Waals surface area contributed by atoms with E-state index in [0.717, 1.165) is 11.3 Å². The van der Waals surface area contributed by atoms with Crippen LogP contribution < -0.4 is 0 Å². The van der Waals surface area contributed by atoms with Crippen molar-refractivity contribution in [2.24, 2.45) is 5.92 Å². The lowest BCUT2D eigenvalue weighted by atomic mass is 9.97. The van der Waals surface area contributed by atoms with Gasteiger partial charge < -0.3 is 9.64 Å². The highest BCUT2D eigenvalue weighted by molar-refractivity contribution is 5.94. The van der Waals surface area contributed by atoms with E-state index in [1.165, 1.54) is 6.07 Å². The number of benzene rings is 2. The smallest absolute Gasteiger partial charge is 0.309 e. The number of esters is 1. The second-order valence-corrected chi connectivity index (χ2v) is 7.96. The van der Waals surface area contributed by atoms with Crippen LogP contribution in [0.3, 0.4) is 0 Å². The maximum Gasteiger partial charge on any atom is 0.309 e. The molecule has 0 unspecified atom stereocenters. The molecule has 0 saturated carbocycles. The number of aromatic nitrogens is 2. The number of halogens is 1. The molecule has 1 aliphatic heterocycles. The van der Waals surface area contributed by atoms with Crippen molar-refractivity contribution in [3.63, 3.8) is 0 Å². The Bertz CT molecular complexity index is 1120. The van der Waals surface area contributed by atoms with E-state index in [2.05, 4.69) is 5.10 Å². The van der Waals surface area contributed by atoms with Crippen molar-refractivity contribution in [3.8, 4) is 16.9 Å². The highest BCUT2D eigenvalue weighted by Crippen LogP contribution is 2.27. The summed E-state index contributed by atoms with van der Waals surface area (Å²) in [4.78, 5) is 27.2. The summed E-state index contributed by atoms with van der Waals surface area (Å²) in [6, 6.07) is 15.7. The zero-order chi connectivity index (χ0) is 22.7. The largest absolute Gasteiger partial charge is 0.466 e. The lowest BCUT2D eigenvalue weighted by Gasteiger charge is -2.30. The first-order valence-electron chi connectivity index (χ1n) is 10.9. The first kappa shape index (κ1) is 21.7. The van der Waals surface area contributed by atoms with Crippen molar-refractivity contribution in [2.75, 3.05) is 19.7 Å². The maximum atomic E-state index is 14.4. The number of amides is 1. The molecule has 32 heavy (non-hydrogen) atoms. The highest BCUT2D eigenvalue weighted by atomic mass is 19.1. The predicted molar refractivity (Wildman–Crippen MR) is 119 cm³/mol. The van der Waals surface area contributed by atoms with Crippen LogP contribution in [0.2, 0.25) is 0 Å². The lowest BCUT2D eigenvalue weighted by molar-refractivity contribution is -0.149. The molecular weight excluding hydrogens is 409 g/mol.